The Bertz CT molecular complexity index is 808. The summed E-state index contributed by atoms with van der Waals surface area (Å²) in [6, 6.07) is 27.3. The fourth-order valence-corrected chi connectivity index (χ4v) is 3.26. The summed E-state index contributed by atoms with van der Waals surface area (Å²) in [4.78, 5) is 0. The summed E-state index contributed by atoms with van der Waals surface area (Å²) in [6.45, 7) is 0. The van der Waals surface area contributed by atoms with Gasteiger partial charge in [0.2, 0.25) is 0 Å². The van der Waals surface area contributed by atoms with E-state index in [9.17, 15) is 0 Å². The third-order valence-electron chi connectivity index (χ3n) is 4.21. The van der Waals surface area contributed by atoms with Gasteiger partial charge in [-0.3, -0.25) is 0 Å². The van der Waals surface area contributed by atoms with Gasteiger partial charge in [-0.1, -0.05) is 60.7 Å². The molecule has 0 aliphatic heterocycles. The van der Waals surface area contributed by atoms with Gasteiger partial charge in [0, 0.05) is 5.92 Å². The van der Waals surface area contributed by atoms with Crippen LogP contribution >= 0.6 is 0 Å². The van der Waals surface area contributed by atoms with Crippen molar-refractivity contribution in [1.29, 1.82) is 5.26 Å². The average Bonchev–Trinajstić information content (AvgIpc) is 2.90. The van der Waals surface area contributed by atoms with E-state index in [4.69, 9.17) is 5.26 Å². The molecule has 0 atom stereocenters. The molecule has 21 heavy (non-hydrogen) atoms. The fourth-order valence-electron chi connectivity index (χ4n) is 3.26. The van der Waals surface area contributed by atoms with E-state index < -0.39 is 0 Å². The molecular formula is C20H13N. The number of benzene rings is 3. The first-order valence-corrected chi connectivity index (χ1v) is 7.07. The van der Waals surface area contributed by atoms with Crippen LogP contribution in [0, 0.1) is 11.3 Å². The van der Waals surface area contributed by atoms with E-state index in [2.05, 4.69) is 66.7 Å². The van der Waals surface area contributed by atoms with E-state index in [1.54, 1.807) is 0 Å². The quantitative estimate of drug-likeness (QED) is 0.489. The van der Waals surface area contributed by atoms with Gasteiger partial charge < -0.3 is 0 Å². The van der Waals surface area contributed by atoms with E-state index in [0.717, 1.165) is 0 Å². The maximum Gasteiger partial charge on any atom is 0.0991 e. The molecule has 1 nitrogen and oxygen atoms in total. The Balaban J connectivity index is 1.94. The molecule has 1 aliphatic rings. The Labute approximate surface area is 124 Å². The summed E-state index contributed by atoms with van der Waals surface area (Å²) >= 11 is 0. The Morgan fingerprint density at radius 1 is 0.667 bits per heavy atom. The molecule has 1 heteroatoms. The van der Waals surface area contributed by atoms with Crippen molar-refractivity contribution in [3.8, 4) is 17.2 Å². The van der Waals surface area contributed by atoms with Gasteiger partial charge in [-0.25, -0.2) is 0 Å². The third-order valence-corrected chi connectivity index (χ3v) is 4.21. The average molecular weight is 267 g/mol. The van der Waals surface area contributed by atoms with Crippen LogP contribution in [0.5, 0.6) is 0 Å². The van der Waals surface area contributed by atoms with Crippen molar-refractivity contribution in [2.75, 3.05) is 0 Å². The fraction of sp³-hybridized carbons (Fsp3) is 0.0500. The van der Waals surface area contributed by atoms with Crippen LogP contribution < -0.4 is 0 Å². The van der Waals surface area contributed by atoms with Crippen molar-refractivity contribution in [2.24, 2.45) is 0 Å². The first-order chi connectivity index (χ1) is 10.4. The van der Waals surface area contributed by atoms with Gasteiger partial charge in [0.05, 0.1) is 11.6 Å². The van der Waals surface area contributed by atoms with Gasteiger partial charge in [0.15, 0.2) is 0 Å². The second-order valence-corrected chi connectivity index (χ2v) is 5.34. The lowest BCUT2D eigenvalue weighted by Crippen LogP contribution is -1.98. The van der Waals surface area contributed by atoms with Gasteiger partial charge in [-0.2, -0.15) is 5.26 Å². The number of nitrogens with zero attached hydrogens (tertiary/aromatic N) is 1. The first-order valence-electron chi connectivity index (χ1n) is 7.07. The van der Waals surface area contributed by atoms with E-state index in [1.165, 1.54) is 27.8 Å². The zero-order chi connectivity index (χ0) is 14.2. The normalized spacial score (nSPS) is 12.5. The topological polar surface area (TPSA) is 23.8 Å². The van der Waals surface area contributed by atoms with E-state index in [0.29, 0.717) is 5.56 Å². The van der Waals surface area contributed by atoms with Crippen molar-refractivity contribution in [3.63, 3.8) is 0 Å². The standard InChI is InChI=1S/C20H13N/c21-13-14-9-11-15(12-10-14)20-18-7-3-1-5-16(18)17-6-2-4-8-19(17)20/h1-12,20H. The highest BCUT2D eigenvalue weighted by molar-refractivity contribution is 5.80. The summed E-state index contributed by atoms with van der Waals surface area (Å²) in [5.41, 5.74) is 7.29. The SMILES string of the molecule is N#Cc1ccc(C2c3ccccc3-c3ccccc32)cc1. The van der Waals surface area contributed by atoms with Gasteiger partial charge in [0.1, 0.15) is 0 Å². The largest absolute Gasteiger partial charge is 0.192 e. The maximum atomic E-state index is 8.96. The lowest BCUT2D eigenvalue weighted by Gasteiger charge is -2.14. The molecule has 0 saturated carbocycles. The molecule has 0 saturated heterocycles. The van der Waals surface area contributed by atoms with Crippen LogP contribution in [0.1, 0.15) is 28.2 Å². The van der Waals surface area contributed by atoms with Gasteiger partial charge in [-0.05, 0) is 39.9 Å². The number of hydrogen-bond acceptors (Lipinski definition) is 1. The van der Waals surface area contributed by atoms with Crippen LogP contribution in [0.25, 0.3) is 11.1 Å². The number of rotatable bonds is 1. The number of nitriles is 1. The second kappa shape index (κ2) is 4.61. The monoisotopic (exact) mass is 267 g/mol. The van der Waals surface area contributed by atoms with E-state index in [1.807, 2.05) is 12.1 Å². The van der Waals surface area contributed by atoms with Crippen LogP contribution in [0.15, 0.2) is 72.8 Å². The molecule has 0 N–H and O–H groups in total. The van der Waals surface area contributed by atoms with Crippen LogP contribution in [-0.2, 0) is 0 Å². The molecule has 0 bridgehead atoms. The van der Waals surface area contributed by atoms with Crippen molar-refractivity contribution in [2.45, 2.75) is 5.92 Å². The molecule has 0 fully saturated rings. The van der Waals surface area contributed by atoms with Crippen LogP contribution in [-0.4, -0.2) is 0 Å². The molecule has 3 aromatic rings. The van der Waals surface area contributed by atoms with Gasteiger partial charge >= 0.3 is 0 Å². The minimum Gasteiger partial charge on any atom is -0.192 e. The Morgan fingerprint density at radius 2 is 1.19 bits per heavy atom. The molecule has 98 valence electrons. The summed E-state index contributed by atoms with van der Waals surface area (Å²) < 4.78 is 0. The van der Waals surface area contributed by atoms with Gasteiger partial charge in [-0.15, -0.1) is 0 Å². The molecule has 0 spiro atoms. The van der Waals surface area contributed by atoms with Gasteiger partial charge in [0.25, 0.3) is 0 Å². The highest BCUT2D eigenvalue weighted by atomic mass is 14.3. The summed E-state index contributed by atoms with van der Waals surface area (Å²) in [6.07, 6.45) is 0. The van der Waals surface area contributed by atoms with Crippen molar-refractivity contribution in [1.82, 2.24) is 0 Å². The van der Waals surface area contributed by atoms with E-state index >= 15 is 0 Å². The lowest BCUT2D eigenvalue weighted by molar-refractivity contribution is 1.01. The predicted octanol–water partition coefficient (Wildman–Crippen LogP) is 4.72. The minimum absolute atomic E-state index is 0.269. The van der Waals surface area contributed by atoms with Crippen molar-refractivity contribution < 1.29 is 0 Å². The zero-order valence-electron chi connectivity index (χ0n) is 11.5. The van der Waals surface area contributed by atoms with E-state index in [-0.39, 0.29) is 5.92 Å². The molecule has 3 aromatic carbocycles. The molecular weight excluding hydrogens is 254 g/mol. The first kappa shape index (κ1) is 11.9. The molecule has 1 aliphatic carbocycles. The minimum atomic E-state index is 0.269. The molecule has 0 radical (unpaired) electrons. The summed E-state index contributed by atoms with van der Waals surface area (Å²) in [5.74, 6) is 0.269. The van der Waals surface area contributed by atoms with Crippen LogP contribution in [0.2, 0.25) is 0 Å². The number of fused-ring (bicyclic) bond motifs is 3. The second-order valence-electron chi connectivity index (χ2n) is 5.34. The van der Waals surface area contributed by atoms with Crippen LogP contribution in [0.3, 0.4) is 0 Å². The highest BCUT2D eigenvalue weighted by Crippen LogP contribution is 2.47. The smallest absolute Gasteiger partial charge is 0.0991 e. The summed E-state index contributed by atoms with van der Waals surface area (Å²) in [5, 5.41) is 8.96. The van der Waals surface area contributed by atoms with Crippen LogP contribution in [0.4, 0.5) is 0 Å². The molecule has 0 amide bonds. The Morgan fingerprint density at radius 3 is 1.71 bits per heavy atom. The third kappa shape index (κ3) is 1.77. The maximum absolute atomic E-state index is 8.96. The lowest BCUT2D eigenvalue weighted by atomic mass is 9.89. The summed E-state index contributed by atoms with van der Waals surface area (Å²) in [7, 11) is 0. The zero-order valence-corrected chi connectivity index (χ0v) is 11.5. The van der Waals surface area contributed by atoms with Crippen molar-refractivity contribution >= 4 is 0 Å². The highest BCUT2D eigenvalue weighted by Gasteiger charge is 2.28. The Hall–Kier alpha value is -2.85. The number of hydrogen-bond donors (Lipinski definition) is 0. The predicted molar refractivity (Wildman–Crippen MR) is 84.0 cm³/mol. The molecule has 4 rings (SSSR count). The van der Waals surface area contributed by atoms with Crippen molar-refractivity contribution in [3.05, 3.63) is 95.1 Å². The molecule has 0 heterocycles. The Kier molecular flexibility index (Phi) is 2.62. The molecule has 0 aromatic heterocycles. The molecule has 0 unspecified atom stereocenters.